The van der Waals surface area contributed by atoms with E-state index in [0.29, 0.717) is 19.2 Å². The highest BCUT2D eigenvalue weighted by Crippen LogP contribution is 2.48. The number of anilines is 1. The third kappa shape index (κ3) is 5.03. The SMILES string of the molecule is CCOC(=O)NC1CCCCC(N2CCC3(CC2)CN(C(=O)C(C)C)c2ccc(F)cc23)C1. The number of fused-ring (bicyclic) bond motifs is 2. The number of benzene rings is 1. The number of likely N-dealkylation sites (tertiary alicyclic amines) is 1. The molecule has 2 atom stereocenters. The maximum atomic E-state index is 14.2. The molecule has 2 fully saturated rings. The minimum absolute atomic E-state index is 0.0898. The van der Waals surface area contributed by atoms with Crippen molar-refractivity contribution in [1.82, 2.24) is 10.2 Å². The molecule has 1 aromatic rings. The van der Waals surface area contributed by atoms with Gasteiger partial charge in [-0.05, 0) is 75.9 Å². The second-order valence-corrected chi connectivity index (χ2v) is 10.3. The van der Waals surface area contributed by atoms with Gasteiger partial charge in [-0.1, -0.05) is 26.7 Å². The molecule has 0 aromatic heterocycles. The molecule has 0 bridgehead atoms. The molecule has 4 rings (SSSR count). The van der Waals surface area contributed by atoms with Gasteiger partial charge >= 0.3 is 6.09 Å². The number of carbonyl (C=O) groups excluding carboxylic acids is 2. The van der Waals surface area contributed by atoms with Crippen LogP contribution >= 0.6 is 0 Å². The van der Waals surface area contributed by atoms with Crippen molar-refractivity contribution in [2.24, 2.45) is 5.92 Å². The van der Waals surface area contributed by atoms with Crippen molar-refractivity contribution in [2.75, 3.05) is 31.1 Å². The minimum Gasteiger partial charge on any atom is -0.450 e. The molecule has 2 aliphatic heterocycles. The molecule has 1 spiro atoms. The molecule has 1 aromatic carbocycles. The van der Waals surface area contributed by atoms with Crippen LogP contribution in [0.15, 0.2) is 18.2 Å². The Morgan fingerprint density at radius 3 is 2.64 bits per heavy atom. The number of hydrogen-bond donors (Lipinski definition) is 1. The van der Waals surface area contributed by atoms with Crippen LogP contribution in [0.25, 0.3) is 0 Å². The van der Waals surface area contributed by atoms with Crippen LogP contribution in [0.5, 0.6) is 0 Å². The molecule has 7 heteroatoms. The second-order valence-electron chi connectivity index (χ2n) is 10.3. The maximum Gasteiger partial charge on any atom is 0.407 e. The first-order chi connectivity index (χ1) is 15.8. The predicted octanol–water partition coefficient (Wildman–Crippen LogP) is 4.61. The van der Waals surface area contributed by atoms with Crippen LogP contribution in [0.1, 0.15) is 71.3 Å². The third-order valence-electron chi connectivity index (χ3n) is 7.81. The highest BCUT2D eigenvalue weighted by molar-refractivity contribution is 5.97. The van der Waals surface area contributed by atoms with Crippen LogP contribution in [0, 0.1) is 11.7 Å². The smallest absolute Gasteiger partial charge is 0.407 e. The second kappa shape index (κ2) is 10.00. The summed E-state index contributed by atoms with van der Waals surface area (Å²) in [7, 11) is 0. The summed E-state index contributed by atoms with van der Waals surface area (Å²) in [5.41, 5.74) is 1.71. The van der Waals surface area contributed by atoms with Crippen molar-refractivity contribution in [1.29, 1.82) is 0 Å². The lowest BCUT2D eigenvalue weighted by atomic mass is 9.74. The lowest BCUT2D eigenvalue weighted by Crippen LogP contribution is -2.50. The quantitative estimate of drug-likeness (QED) is 0.668. The fourth-order valence-electron chi connectivity index (χ4n) is 6.03. The molecule has 33 heavy (non-hydrogen) atoms. The van der Waals surface area contributed by atoms with Crippen molar-refractivity contribution in [3.05, 3.63) is 29.6 Å². The first-order valence-corrected chi connectivity index (χ1v) is 12.6. The van der Waals surface area contributed by atoms with E-state index in [2.05, 4.69) is 10.2 Å². The Kier molecular flexibility index (Phi) is 7.27. The van der Waals surface area contributed by atoms with Crippen molar-refractivity contribution in [2.45, 2.75) is 83.2 Å². The molecule has 182 valence electrons. The van der Waals surface area contributed by atoms with Crippen LogP contribution < -0.4 is 10.2 Å². The number of piperidine rings is 1. The van der Waals surface area contributed by atoms with Gasteiger partial charge in [-0.15, -0.1) is 0 Å². The number of amides is 2. The van der Waals surface area contributed by atoms with Crippen molar-refractivity contribution in [3.63, 3.8) is 0 Å². The highest BCUT2D eigenvalue weighted by Gasteiger charge is 2.47. The normalized spacial score (nSPS) is 25.1. The van der Waals surface area contributed by atoms with E-state index in [1.165, 1.54) is 6.07 Å². The molecule has 0 radical (unpaired) electrons. The van der Waals surface area contributed by atoms with E-state index < -0.39 is 0 Å². The van der Waals surface area contributed by atoms with Gasteiger partial charge in [0.15, 0.2) is 0 Å². The van der Waals surface area contributed by atoms with Crippen LogP contribution in [-0.4, -0.2) is 55.2 Å². The summed E-state index contributed by atoms with van der Waals surface area (Å²) in [4.78, 5) is 29.3. The van der Waals surface area contributed by atoms with Gasteiger partial charge in [0, 0.05) is 35.6 Å². The Hall–Kier alpha value is -2.15. The lowest BCUT2D eigenvalue weighted by Gasteiger charge is -2.43. The van der Waals surface area contributed by atoms with Crippen LogP contribution in [-0.2, 0) is 14.9 Å². The van der Waals surface area contributed by atoms with Crippen LogP contribution in [0.3, 0.4) is 0 Å². The van der Waals surface area contributed by atoms with E-state index in [1.807, 2.05) is 25.7 Å². The van der Waals surface area contributed by atoms with Gasteiger partial charge in [0.1, 0.15) is 5.82 Å². The molecule has 2 unspecified atom stereocenters. The molecule has 3 aliphatic rings. The van der Waals surface area contributed by atoms with Crippen LogP contribution in [0.4, 0.5) is 14.9 Å². The Morgan fingerprint density at radius 1 is 1.21 bits per heavy atom. The van der Waals surface area contributed by atoms with E-state index in [4.69, 9.17) is 4.74 Å². The predicted molar refractivity (Wildman–Crippen MR) is 127 cm³/mol. The van der Waals surface area contributed by atoms with E-state index in [1.54, 1.807) is 12.1 Å². The number of carbonyl (C=O) groups is 2. The molecular formula is C26H38FN3O3. The number of hydrogen-bond acceptors (Lipinski definition) is 4. The first kappa shape index (κ1) is 24.0. The van der Waals surface area contributed by atoms with Crippen LogP contribution in [0.2, 0.25) is 0 Å². The number of alkyl carbamates (subject to hydrolysis) is 1. The number of nitrogens with zero attached hydrogens (tertiary/aromatic N) is 2. The Bertz CT molecular complexity index is 866. The van der Waals surface area contributed by atoms with Gasteiger partial charge in [0.2, 0.25) is 5.91 Å². The van der Waals surface area contributed by atoms with Gasteiger partial charge in [-0.25, -0.2) is 9.18 Å². The topological polar surface area (TPSA) is 61.9 Å². The molecule has 2 heterocycles. The first-order valence-electron chi connectivity index (χ1n) is 12.6. The molecule has 6 nitrogen and oxygen atoms in total. The summed E-state index contributed by atoms with van der Waals surface area (Å²) in [6, 6.07) is 5.48. The number of nitrogens with one attached hydrogen (secondary N) is 1. The zero-order valence-electron chi connectivity index (χ0n) is 20.2. The number of rotatable bonds is 4. The van der Waals surface area contributed by atoms with Gasteiger partial charge in [0.05, 0.1) is 6.61 Å². The monoisotopic (exact) mass is 459 g/mol. The molecule has 1 aliphatic carbocycles. The standard InChI is InChI=1S/C26H38FN3O3/c1-4-33-25(32)28-20-7-5-6-8-21(16-20)29-13-11-26(12-14-29)17-30(24(31)18(2)3)23-10-9-19(27)15-22(23)26/h9-10,15,18,20-21H,4-8,11-14,16-17H2,1-3H3,(H,28,32). The summed E-state index contributed by atoms with van der Waals surface area (Å²) in [6.45, 7) is 8.55. The fourth-order valence-corrected chi connectivity index (χ4v) is 6.03. The summed E-state index contributed by atoms with van der Waals surface area (Å²) < 4.78 is 19.3. The van der Waals surface area contributed by atoms with Gasteiger partial charge in [-0.3, -0.25) is 4.79 Å². The lowest BCUT2D eigenvalue weighted by molar-refractivity contribution is -0.121. The average Bonchev–Trinajstić information content (AvgIpc) is 2.92. The summed E-state index contributed by atoms with van der Waals surface area (Å²) in [6.07, 6.45) is 6.86. The fraction of sp³-hybridized carbons (Fsp3) is 0.692. The van der Waals surface area contributed by atoms with E-state index in [0.717, 1.165) is 69.3 Å². The van der Waals surface area contributed by atoms with Gasteiger partial charge < -0.3 is 19.9 Å². The van der Waals surface area contributed by atoms with Gasteiger partial charge in [-0.2, -0.15) is 0 Å². The molecular weight excluding hydrogens is 421 g/mol. The molecule has 1 saturated heterocycles. The van der Waals surface area contributed by atoms with Crippen molar-refractivity contribution in [3.8, 4) is 0 Å². The van der Waals surface area contributed by atoms with E-state index in [-0.39, 0.29) is 35.2 Å². The summed E-state index contributed by atoms with van der Waals surface area (Å²) in [5.74, 6) is -0.210. The maximum absolute atomic E-state index is 14.2. The number of ether oxygens (including phenoxy) is 1. The Morgan fingerprint density at radius 2 is 1.94 bits per heavy atom. The third-order valence-corrected chi connectivity index (χ3v) is 7.81. The largest absolute Gasteiger partial charge is 0.450 e. The van der Waals surface area contributed by atoms with Crippen molar-refractivity contribution >= 4 is 17.7 Å². The van der Waals surface area contributed by atoms with E-state index >= 15 is 0 Å². The zero-order valence-corrected chi connectivity index (χ0v) is 20.2. The van der Waals surface area contributed by atoms with Crippen molar-refractivity contribution < 1.29 is 18.7 Å². The number of halogens is 1. The Labute approximate surface area is 196 Å². The Balaban J connectivity index is 1.46. The average molecular weight is 460 g/mol. The summed E-state index contributed by atoms with van der Waals surface area (Å²) >= 11 is 0. The highest BCUT2D eigenvalue weighted by atomic mass is 19.1. The molecule has 1 saturated carbocycles. The molecule has 1 N–H and O–H groups in total. The minimum atomic E-state index is -0.319. The van der Waals surface area contributed by atoms with E-state index in [9.17, 15) is 14.0 Å². The molecule has 2 amide bonds. The zero-order chi connectivity index (χ0) is 23.6. The van der Waals surface area contributed by atoms with Gasteiger partial charge in [0.25, 0.3) is 0 Å². The summed E-state index contributed by atoms with van der Waals surface area (Å²) in [5, 5.41) is 3.05.